The summed E-state index contributed by atoms with van der Waals surface area (Å²) in [5.74, 6) is 0.535. The number of anilines is 2. The van der Waals surface area contributed by atoms with Crippen molar-refractivity contribution >= 4 is 23.5 Å². The molecule has 0 aliphatic carbocycles. The number of carbonyl (C=O) groups excluding carboxylic acids is 2. The molecule has 2 heterocycles. The van der Waals surface area contributed by atoms with Crippen LogP contribution in [-0.2, 0) is 9.59 Å². The van der Waals surface area contributed by atoms with E-state index < -0.39 is 0 Å². The van der Waals surface area contributed by atoms with Crippen LogP contribution in [0.25, 0.3) is 0 Å². The summed E-state index contributed by atoms with van der Waals surface area (Å²) < 4.78 is 7.47. The van der Waals surface area contributed by atoms with Crippen molar-refractivity contribution in [2.75, 3.05) is 17.2 Å². The summed E-state index contributed by atoms with van der Waals surface area (Å²) in [7, 11) is 0. The second-order valence-electron chi connectivity index (χ2n) is 6.92. The van der Waals surface area contributed by atoms with Crippen molar-refractivity contribution in [3.8, 4) is 5.75 Å². The summed E-state index contributed by atoms with van der Waals surface area (Å²) in [6.07, 6.45) is 1.61. The Kier molecular flexibility index (Phi) is 4.99. The molecule has 0 saturated carbocycles. The molecular weight excluding hydrogens is 370 g/mol. The number of carbonyl (C=O) groups is 2. The number of amides is 2. The first-order valence-electron chi connectivity index (χ1n) is 9.30. The van der Waals surface area contributed by atoms with E-state index in [2.05, 4.69) is 20.7 Å². The number of rotatable bonds is 5. The third-order valence-corrected chi connectivity index (χ3v) is 5.01. The fourth-order valence-corrected chi connectivity index (χ4v) is 3.35. The van der Waals surface area contributed by atoms with Gasteiger partial charge >= 0.3 is 0 Å². The molecule has 2 aromatic carbocycles. The summed E-state index contributed by atoms with van der Waals surface area (Å²) in [5.41, 5.74) is 3.66. The Morgan fingerprint density at radius 2 is 2.07 bits per heavy atom. The quantitative estimate of drug-likeness (QED) is 0.697. The lowest BCUT2D eigenvalue weighted by atomic mass is 10.0. The summed E-state index contributed by atoms with van der Waals surface area (Å²) in [6.45, 7) is 3.81. The first kappa shape index (κ1) is 18.7. The highest BCUT2D eigenvalue weighted by atomic mass is 16.5. The minimum absolute atomic E-state index is 0.141. The number of hydrogen-bond donors (Lipinski definition) is 2. The van der Waals surface area contributed by atoms with Crippen molar-refractivity contribution in [1.29, 1.82) is 0 Å². The van der Waals surface area contributed by atoms with Gasteiger partial charge in [-0.25, -0.2) is 4.68 Å². The summed E-state index contributed by atoms with van der Waals surface area (Å²) in [6, 6.07) is 12.7. The van der Waals surface area contributed by atoms with Gasteiger partial charge in [-0.2, -0.15) is 10.1 Å². The van der Waals surface area contributed by atoms with Gasteiger partial charge in [-0.3, -0.25) is 14.9 Å². The second kappa shape index (κ2) is 7.75. The van der Waals surface area contributed by atoms with Crippen molar-refractivity contribution in [1.82, 2.24) is 14.8 Å². The number of fused-ring (bicyclic) bond motifs is 1. The average Bonchev–Trinajstić information content (AvgIpc) is 3.18. The number of aromatic nitrogens is 3. The maximum atomic E-state index is 12.4. The summed E-state index contributed by atoms with van der Waals surface area (Å²) in [4.78, 5) is 28.5. The van der Waals surface area contributed by atoms with Crippen LogP contribution >= 0.6 is 0 Å². The van der Waals surface area contributed by atoms with Crippen molar-refractivity contribution in [3.05, 3.63) is 65.5 Å². The van der Waals surface area contributed by atoms with Gasteiger partial charge in [-0.1, -0.05) is 30.3 Å². The highest BCUT2D eigenvalue weighted by molar-refractivity contribution is 5.93. The van der Waals surface area contributed by atoms with Crippen LogP contribution in [0.2, 0.25) is 0 Å². The lowest BCUT2D eigenvalue weighted by molar-refractivity contribution is -0.118. The van der Waals surface area contributed by atoms with Gasteiger partial charge in [0.15, 0.2) is 6.61 Å². The van der Waals surface area contributed by atoms with E-state index in [4.69, 9.17) is 4.74 Å². The SMILES string of the molecule is Cc1cccc(NC(=O)COc2ccccc2[C@@H]2CC(=O)Nc3ncnn32)c1C. The molecule has 0 bridgehead atoms. The fourth-order valence-electron chi connectivity index (χ4n) is 3.35. The lowest BCUT2D eigenvalue weighted by Crippen LogP contribution is -2.29. The molecule has 1 atom stereocenters. The molecule has 148 valence electrons. The van der Waals surface area contributed by atoms with E-state index >= 15 is 0 Å². The molecule has 29 heavy (non-hydrogen) atoms. The van der Waals surface area contributed by atoms with Gasteiger partial charge in [-0.05, 0) is 37.1 Å². The third kappa shape index (κ3) is 3.82. The molecule has 3 aromatic rings. The van der Waals surface area contributed by atoms with Gasteiger partial charge in [0.05, 0.1) is 12.5 Å². The van der Waals surface area contributed by atoms with Gasteiger partial charge in [0.1, 0.15) is 12.1 Å². The van der Waals surface area contributed by atoms with Crippen LogP contribution in [0.5, 0.6) is 5.75 Å². The molecule has 0 saturated heterocycles. The average molecular weight is 391 g/mol. The van der Waals surface area contributed by atoms with Gasteiger partial charge in [-0.15, -0.1) is 0 Å². The predicted octanol–water partition coefficient (Wildman–Crippen LogP) is 2.84. The van der Waals surface area contributed by atoms with E-state index in [-0.39, 0.29) is 30.9 Å². The Labute approximate surface area is 167 Å². The molecule has 1 aromatic heterocycles. The molecule has 0 unspecified atom stereocenters. The van der Waals surface area contributed by atoms with Crippen molar-refractivity contribution in [3.63, 3.8) is 0 Å². The summed E-state index contributed by atoms with van der Waals surface area (Å²) >= 11 is 0. The fraction of sp³-hybridized carbons (Fsp3) is 0.238. The topological polar surface area (TPSA) is 98.1 Å². The maximum absolute atomic E-state index is 12.4. The monoisotopic (exact) mass is 391 g/mol. The van der Waals surface area contributed by atoms with E-state index in [1.807, 2.05) is 50.2 Å². The number of aryl methyl sites for hydroxylation is 1. The number of ether oxygens (including phenoxy) is 1. The van der Waals surface area contributed by atoms with Crippen molar-refractivity contribution < 1.29 is 14.3 Å². The molecule has 4 rings (SSSR count). The van der Waals surface area contributed by atoms with Crippen LogP contribution < -0.4 is 15.4 Å². The molecule has 0 fully saturated rings. The lowest BCUT2D eigenvalue weighted by Gasteiger charge is -2.25. The molecular formula is C21H21N5O3. The molecule has 0 radical (unpaired) electrons. The number of benzene rings is 2. The zero-order valence-corrected chi connectivity index (χ0v) is 16.2. The number of nitrogens with one attached hydrogen (secondary N) is 2. The summed E-state index contributed by atoms with van der Waals surface area (Å²) in [5, 5.41) is 9.79. The Morgan fingerprint density at radius 3 is 2.93 bits per heavy atom. The second-order valence-corrected chi connectivity index (χ2v) is 6.92. The molecule has 2 amide bonds. The van der Waals surface area contributed by atoms with E-state index in [1.54, 1.807) is 10.7 Å². The van der Waals surface area contributed by atoms with Crippen LogP contribution in [0.15, 0.2) is 48.8 Å². The van der Waals surface area contributed by atoms with Gasteiger partial charge < -0.3 is 10.1 Å². The zero-order chi connectivity index (χ0) is 20.4. The van der Waals surface area contributed by atoms with Crippen LogP contribution in [0, 0.1) is 13.8 Å². The maximum Gasteiger partial charge on any atom is 0.262 e. The Balaban J connectivity index is 1.51. The number of nitrogens with zero attached hydrogens (tertiary/aromatic N) is 3. The minimum Gasteiger partial charge on any atom is -0.483 e. The normalized spacial score (nSPS) is 15.4. The highest BCUT2D eigenvalue weighted by Gasteiger charge is 2.29. The van der Waals surface area contributed by atoms with Gasteiger partial charge in [0.25, 0.3) is 5.91 Å². The minimum atomic E-state index is -0.348. The molecule has 1 aliphatic rings. The molecule has 1 aliphatic heterocycles. The smallest absolute Gasteiger partial charge is 0.262 e. The van der Waals surface area contributed by atoms with E-state index in [1.165, 1.54) is 6.33 Å². The standard InChI is InChI=1S/C21H21N5O3/c1-13-6-5-8-16(14(13)2)24-20(28)11-29-18-9-4-3-7-15(18)17-10-19(27)25-21-22-12-23-26(17)21/h3-9,12,17H,10-11H2,1-2H3,(H,24,28)(H,22,23,25,27)/t17-/m0/s1. The third-order valence-electron chi connectivity index (χ3n) is 5.01. The first-order chi connectivity index (χ1) is 14.0. The largest absolute Gasteiger partial charge is 0.483 e. The van der Waals surface area contributed by atoms with Crippen LogP contribution in [-0.4, -0.2) is 33.2 Å². The van der Waals surface area contributed by atoms with E-state index in [0.717, 1.165) is 22.4 Å². The number of hydrogen-bond acceptors (Lipinski definition) is 5. The van der Waals surface area contributed by atoms with Crippen molar-refractivity contribution in [2.45, 2.75) is 26.3 Å². The molecule has 8 nitrogen and oxygen atoms in total. The number of para-hydroxylation sites is 1. The van der Waals surface area contributed by atoms with Gasteiger partial charge in [0.2, 0.25) is 11.9 Å². The van der Waals surface area contributed by atoms with Crippen LogP contribution in [0.1, 0.15) is 29.2 Å². The molecule has 0 spiro atoms. The first-order valence-corrected chi connectivity index (χ1v) is 9.30. The van der Waals surface area contributed by atoms with E-state index in [9.17, 15) is 9.59 Å². The van der Waals surface area contributed by atoms with Crippen LogP contribution in [0.4, 0.5) is 11.6 Å². The molecule has 2 N–H and O–H groups in total. The van der Waals surface area contributed by atoms with Gasteiger partial charge in [0, 0.05) is 11.3 Å². The van der Waals surface area contributed by atoms with Crippen LogP contribution in [0.3, 0.4) is 0 Å². The molecule has 8 heteroatoms. The Bertz CT molecular complexity index is 1080. The predicted molar refractivity (Wildman–Crippen MR) is 108 cm³/mol. The Morgan fingerprint density at radius 1 is 1.24 bits per heavy atom. The van der Waals surface area contributed by atoms with Crippen molar-refractivity contribution in [2.24, 2.45) is 0 Å². The van der Waals surface area contributed by atoms with E-state index in [0.29, 0.717) is 11.7 Å². The zero-order valence-electron chi connectivity index (χ0n) is 16.2. The Hall–Kier alpha value is -3.68. The highest BCUT2D eigenvalue weighted by Crippen LogP contribution is 2.34.